The van der Waals surface area contributed by atoms with Crippen LogP contribution in [-0.4, -0.2) is 35.2 Å². The van der Waals surface area contributed by atoms with Gasteiger partial charge in [-0.1, -0.05) is 6.07 Å². The molecule has 0 saturated heterocycles. The number of aliphatic hydroxyl groups is 2. The fraction of sp³-hybridized carbons (Fsp3) is 0.333. The second-order valence-electron chi connectivity index (χ2n) is 3.53. The fourth-order valence-electron chi connectivity index (χ4n) is 1.44. The number of carbonyl (C=O) groups is 2. The minimum Gasteiger partial charge on any atom is -0.464 e. The van der Waals surface area contributed by atoms with E-state index in [2.05, 4.69) is 4.74 Å². The number of aldehydes is 1. The molecule has 98 valence electrons. The Kier molecular flexibility index (Phi) is 4.94. The van der Waals surface area contributed by atoms with Crippen molar-refractivity contribution in [2.24, 2.45) is 0 Å². The minimum atomic E-state index is -1.82. The largest absolute Gasteiger partial charge is 0.464 e. The molecule has 5 nitrogen and oxygen atoms in total. The topological polar surface area (TPSA) is 83.8 Å². The van der Waals surface area contributed by atoms with Gasteiger partial charge in [0, 0.05) is 5.56 Å². The van der Waals surface area contributed by atoms with Gasteiger partial charge in [-0.25, -0.2) is 9.18 Å². The van der Waals surface area contributed by atoms with Crippen molar-refractivity contribution in [1.29, 1.82) is 0 Å². The Balaban J connectivity index is 2.99. The molecule has 2 atom stereocenters. The molecule has 0 radical (unpaired) electrons. The highest BCUT2D eigenvalue weighted by Gasteiger charge is 2.28. The smallest absolute Gasteiger partial charge is 0.338 e. The molecule has 0 aliphatic carbocycles. The van der Waals surface area contributed by atoms with E-state index in [4.69, 9.17) is 0 Å². The molecule has 0 amide bonds. The van der Waals surface area contributed by atoms with E-state index in [-0.39, 0.29) is 17.7 Å². The van der Waals surface area contributed by atoms with Gasteiger partial charge in [-0.3, -0.25) is 4.79 Å². The summed E-state index contributed by atoms with van der Waals surface area (Å²) in [5.41, 5.74) is -0.169. The molecule has 0 fully saturated rings. The lowest BCUT2D eigenvalue weighted by atomic mass is 9.99. The first-order valence-electron chi connectivity index (χ1n) is 5.28. The van der Waals surface area contributed by atoms with Crippen molar-refractivity contribution in [2.45, 2.75) is 19.1 Å². The van der Waals surface area contributed by atoms with Gasteiger partial charge in [-0.2, -0.15) is 0 Å². The van der Waals surface area contributed by atoms with Gasteiger partial charge in [0.2, 0.25) is 0 Å². The van der Waals surface area contributed by atoms with Gasteiger partial charge >= 0.3 is 5.97 Å². The number of halogens is 1. The molecular weight excluding hydrogens is 243 g/mol. The van der Waals surface area contributed by atoms with Crippen LogP contribution < -0.4 is 0 Å². The average molecular weight is 256 g/mol. The summed E-state index contributed by atoms with van der Waals surface area (Å²) < 4.78 is 17.4. The first kappa shape index (κ1) is 14.3. The molecule has 6 heteroatoms. The van der Waals surface area contributed by atoms with E-state index in [1.165, 1.54) is 0 Å². The molecule has 1 aromatic carbocycles. The van der Waals surface area contributed by atoms with Crippen molar-refractivity contribution >= 4 is 12.3 Å². The first-order chi connectivity index (χ1) is 8.51. The van der Waals surface area contributed by atoms with Crippen LogP contribution in [0.4, 0.5) is 4.39 Å². The van der Waals surface area contributed by atoms with E-state index >= 15 is 0 Å². The second-order valence-corrected chi connectivity index (χ2v) is 3.53. The maximum atomic E-state index is 12.9. The van der Waals surface area contributed by atoms with Gasteiger partial charge in [0.25, 0.3) is 0 Å². The molecule has 2 N–H and O–H groups in total. The molecular formula is C12H13FO5. The summed E-state index contributed by atoms with van der Waals surface area (Å²) in [5, 5.41) is 19.3. The zero-order valence-corrected chi connectivity index (χ0v) is 9.67. The number of hydrogen-bond donors (Lipinski definition) is 2. The fourth-order valence-corrected chi connectivity index (χ4v) is 1.44. The number of aliphatic hydroxyl groups excluding tert-OH is 2. The van der Waals surface area contributed by atoms with Crippen LogP contribution in [0.5, 0.6) is 0 Å². The van der Waals surface area contributed by atoms with Gasteiger partial charge in [-0.15, -0.1) is 0 Å². The van der Waals surface area contributed by atoms with Gasteiger partial charge in [-0.05, 0) is 24.6 Å². The van der Waals surface area contributed by atoms with Crippen LogP contribution in [0.1, 0.15) is 28.9 Å². The third-order valence-corrected chi connectivity index (χ3v) is 2.32. The predicted molar refractivity (Wildman–Crippen MR) is 59.4 cm³/mol. The molecule has 1 aromatic rings. The van der Waals surface area contributed by atoms with Crippen LogP contribution in [0, 0.1) is 5.82 Å². The highest BCUT2D eigenvalue weighted by Crippen LogP contribution is 2.22. The van der Waals surface area contributed by atoms with E-state index in [1.807, 2.05) is 0 Å². The monoisotopic (exact) mass is 256 g/mol. The van der Waals surface area contributed by atoms with Crippen LogP contribution >= 0.6 is 0 Å². The molecule has 18 heavy (non-hydrogen) atoms. The lowest BCUT2D eigenvalue weighted by Crippen LogP contribution is -2.30. The number of ether oxygens (including phenoxy) is 1. The van der Waals surface area contributed by atoms with Crippen LogP contribution in [0.15, 0.2) is 18.2 Å². The molecule has 0 saturated carbocycles. The van der Waals surface area contributed by atoms with Crippen molar-refractivity contribution in [1.82, 2.24) is 0 Å². The SMILES string of the molecule is CCOC(=O)C(O)C(O)c1ccc(F)cc1C=O. The number of esters is 1. The Hall–Kier alpha value is -1.79. The Morgan fingerprint density at radius 2 is 2.17 bits per heavy atom. The highest BCUT2D eigenvalue weighted by atomic mass is 19.1. The molecule has 0 bridgehead atoms. The van der Waals surface area contributed by atoms with Gasteiger partial charge < -0.3 is 14.9 Å². The van der Waals surface area contributed by atoms with Crippen LogP contribution in [0.3, 0.4) is 0 Å². The molecule has 1 rings (SSSR count). The summed E-state index contributed by atoms with van der Waals surface area (Å²) >= 11 is 0. The maximum absolute atomic E-state index is 12.9. The van der Waals surface area contributed by atoms with E-state index in [1.54, 1.807) is 6.92 Å². The molecule has 0 aliphatic rings. The minimum absolute atomic E-state index is 0.0352. The normalized spacial score (nSPS) is 13.8. The highest BCUT2D eigenvalue weighted by molar-refractivity contribution is 5.80. The molecule has 2 unspecified atom stereocenters. The summed E-state index contributed by atoms with van der Waals surface area (Å²) in [5.74, 6) is -1.66. The van der Waals surface area contributed by atoms with Crippen molar-refractivity contribution in [3.63, 3.8) is 0 Å². The van der Waals surface area contributed by atoms with Gasteiger partial charge in [0.05, 0.1) is 6.61 Å². The number of hydrogen-bond acceptors (Lipinski definition) is 5. The van der Waals surface area contributed by atoms with E-state index in [0.29, 0.717) is 6.29 Å². The van der Waals surface area contributed by atoms with Crippen molar-refractivity contribution in [3.8, 4) is 0 Å². The third kappa shape index (κ3) is 3.12. The third-order valence-electron chi connectivity index (χ3n) is 2.32. The van der Waals surface area contributed by atoms with Gasteiger partial charge in [0.1, 0.15) is 11.9 Å². The Bertz CT molecular complexity index is 446. The summed E-state index contributed by atoms with van der Waals surface area (Å²) in [7, 11) is 0. The quantitative estimate of drug-likeness (QED) is 0.595. The Morgan fingerprint density at radius 1 is 1.50 bits per heavy atom. The molecule has 0 spiro atoms. The summed E-state index contributed by atoms with van der Waals surface area (Å²) in [6.45, 7) is 1.60. The zero-order valence-electron chi connectivity index (χ0n) is 9.67. The van der Waals surface area contributed by atoms with Crippen molar-refractivity contribution < 1.29 is 28.9 Å². The summed E-state index contributed by atoms with van der Waals surface area (Å²) in [6, 6.07) is 3.05. The van der Waals surface area contributed by atoms with E-state index < -0.39 is 24.0 Å². The number of carbonyl (C=O) groups excluding carboxylic acids is 2. The lowest BCUT2D eigenvalue weighted by molar-refractivity contribution is -0.159. The van der Waals surface area contributed by atoms with Crippen LogP contribution in [-0.2, 0) is 9.53 Å². The van der Waals surface area contributed by atoms with Crippen LogP contribution in [0.2, 0.25) is 0 Å². The summed E-state index contributed by atoms with van der Waals surface area (Å²) in [4.78, 5) is 22.0. The first-order valence-corrected chi connectivity index (χ1v) is 5.28. The van der Waals surface area contributed by atoms with Crippen LogP contribution in [0.25, 0.3) is 0 Å². The molecule has 0 heterocycles. The number of rotatable bonds is 5. The van der Waals surface area contributed by atoms with Crippen molar-refractivity contribution in [3.05, 3.63) is 35.1 Å². The molecule has 0 aliphatic heterocycles. The van der Waals surface area contributed by atoms with Crippen molar-refractivity contribution in [2.75, 3.05) is 6.61 Å². The maximum Gasteiger partial charge on any atom is 0.338 e. The average Bonchev–Trinajstić information content (AvgIpc) is 2.37. The lowest BCUT2D eigenvalue weighted by Gasteiger charge is -2.18. The number of benzene rings is 1. The van der Waals surface area contributed by atoms with E-state index in [9.17, 15) is 24.2 Å². The van der Waals surface area contributed by atoms with Gasteiger partial charge in [0.15, 0.2) is 12.4 Å². The Labute approximate surface area is 103 Å². The second kappa shape index (κ2) is 6.23. The Morgan fingerprint density at radius 3 is 2.72 bits per heavy atom. The zero-order chi connectivity index (χ0) is 13.7. The standard InChI is InChI=1S/C12H13FO5/c1-2-18-12(17)11(16)10(15)9-4-3-8(13)5-7(9)6-14/h3-6,10-11,15-16H,2H2,1H3. The summed E-state index contributed by atoms with van der Waals surface area (Å²) in [6.07, 6.45) is -3.14. The predicted octanol–water partition coefficient (Wildman–Crippen LogP) is 0.596. The molecule has 0 aromatic heterocycles. The van der Waals surface area contributed by atoms with E-state index in [0.717, 1.165) is 18.2 Å².